The Hall–Kier alpha value is -0.130. The molecule has 0 aromatic heterocycles. The van der Waals surface area contributed by atoms with Gasteiger partial charge in [0.05, 0.1) is 5.75 Å². The summed E-state index contributed by atoms with van der Waals surface area (Å²) in [4.78, 5) is 2.28. The van der Waals surface area contributed by atoms with E-state index in [9.17, 15) is 8.42 Å². The van der Waals surface area contributed by atoms with Crippen LogP contribution in [-0.4, -0.2) is 52.0 Å². The van der Waals surface area contributed by atoms with Crippen molar-refractivity contribution in [1.29, 1.82) is 0 Å². The largest absolute Gasteiger partial charge is 0.330 e. The van der Waals surface area contributed by atoms with Crippen molar-refractivity contribution in [2.45, 2.75) is 12.8 Å². The predicted octanol–water partition coefficient (Wildman–Crippen LogP) is -0.0523. The van der Waals surface area contributed by atoms with E-state index in [1.54, 1.807) is 0 Å². The summed E-state index contributed by atoms with van der Waals surface area (Å²) in [6, 6.07) is 0. The molecule has 0 aromatic carbocycles. The monoisotopic (exact) mass is 234 g/mol. The van der Waals surface area contributed by atoms with E-state index < -0.39 is 9.84 Å². The molecule has 1 aliphatic rings. The molecule has 1 aliphatic heterocycles. The van der Waals surface area contributed by atoms with Crippen LogP contribution in [0.25, 0.3) is 0 Å². The van der Waals surface area contributed by atoms with Crippen LogP contribution in [0.2, 0.25) is 0 Å². The Labute approximate surface area is 92.7 Å². The van der Waals surface area contributed by atoms with E-state index in [0.717, 1.165) is 25.9 Å². The number of likely N-dealkylation sites (tertiary alicyclic amines) is 1. The third kappa shape index (κ3) is 4.49. The molecule has 1 atom stereocenters. The molecule has 0 aliphatic carbocycles. The first-order valence-electron chi connectivity index (χ1n) is 5.48. The van der Waals surface area contributed by atoms with E-state index in [2.05, 4.69) is 11.9 Å². The van der Waals surface area contributed by atoms with Gasteiger partial charge in [-0.25, -0.2) is 8.42 Å². The average molecular weight is 234 g/mol. The van der Waals surface area contributed by atoms with Gasteiger partial charge in [-0.2, -0.15) is 0 Å². The molecule has 1 unspecified atom stereocenters. The molecular weight excluding hydrogens is 212 g/mol. The van der Waals surface area contributed by atoms with Gasteiger partial charge in [-0.15, -0.1) is 0 Å². The SMILES string of the molecule is CN1CCC(C(CN)CS(C)(=O)=O)CC1. The van der Waals surface area contributed by atoms with Gasteiger partial charge in [0.15, 0.2) is 0 Å². The normalized spacial score (nSPS) is 22.9. The maximum absolute atomic E-state index is 11.2. The van der Waals surface area contributed by atoms with E-state index in [1.165, 1.54) is 6.26 Å². The lowest BCUT2D eigenvalue weighted by molar-refractivity contribution is 0.181. The zero-order valence-electron chi connectivity index (χ0n) is 9.65. The van der Waals surface area contributed by atoms with Crippen molar-refractivity contribution in [3.05, 3.63) is 0 Å². The number of nitrogens with zero attached hydrogens (tertiary/aromatic N) is 1. The van der Waals surface area contributed by atoms with Crippen LogP contribution in [0.1, 0.15) is 12.8 Å². The lowest BCUT2D eigenvalue weighted by atomic mass is 9.85. The van der Waals surface area contributed by atoms with E-state index in [1.807, 2.05) is 0 Å². The zero-order valence-corrected chi connectivity index (χ0v) is 10.5. The molecule has 15 heavy (non-hydrogen) atoms. The molecule has 1 rings (SSSR count). The summed E-state index contributed by atoms with van der Waals surface area (Å²) in [6.45, 7) is 2.61. The fourth-order valence-corrected chi connectivity index (χ4v) is 3.47. The smallest absolute Gasteiger partial charge is 0.147 e. The molecule has 5 heteroatoms. The summed E-state index contributed by atoms with van der Waals surface area (Å²) in [5.74, 6) is 0.882. The van der Waals surface area contributed by atoms with Crippen molar-refractivity contribution in [2.75, 3.05) is 38.7 Å². The van der Waals surface area contributed by atoms with Gasteiger partial charge in [0.25, 0.3) is 0 Å². The molecule has 0 bridgehead atoms. The van der Waals surface area contributed by atoms with Crippen molar-refractivity contribution in [3.63, 3.8) is 0 Å². The van der Waals surface area contributed by atoms with Crippen molar-refractivity contribution >= 4 is 9.84 Å². The predicted molar refractivity (Wildman–Crippen MR) is 62.5 cm³/mol. The third-order valence-corrected chi connectivity index (χ3v) is 4.28. The van der Waals surface area contributed by atoms with Crippen LogP contribution >= 0.6 is 0 Å². The van der Waals surface area contributed by atoms with Crippen LogP contribution in [0, 0.1) is 11.8 Å². The van der Waals surface area contributed by atoms with E-state index >= 15 is 0 Å². The first-order valence-corrected chi connectivity index (χ1v) is 7.55. The molecule has 1 saturated heterocycles. The second kappa shape index (κ2) is 5.27. The maximum atomic E-state index is 11.2. The number of rotatable bonds is 4. The lowest BCUT2D eigenvalue weighted by Crippen LogP contribution is -2.38. The molecule has 4 nitrogen and oxygen atoms in total. The van der Waals surface area contributed by atoms with Gasteiger partial charge in [-0.1, -0.05) is 0 Å². The van der Waals surface area contributed by atoms with E-state index in [0.29, 0.717) is 12.5 Å². The highest BCUT2D eigenvalue weighted by atomic mass is 32.2. The summed E-state index contributed by atoms with van der Waals surface area (Å²) < 4.78 is 22.5. The van der Waals surface area contributed by atoms with Gasteiger partial charge in [0.1, 0.15) is 9.84 Å². The van der Waals surface area contributed by atoms with Crippen LogP contribution in [0.3, 0.4) is 0 Å². The number of piperidine rings is 1. The standard InChI is InChI=1S/C10H22N2O2S/c1-12-5-3-9(4-6-12)10(7-11)8-15(2,13)14/h9-10H,3-8,11H2,1-2H3. The van der Waals surface area contributed by atoms with Gasteiger partial charge < -0.3 is 10.6 Å². The number of nitrogens with two attached hydrogens (primary N) is 1. The van der Waals surface area contributed by atoms with Crippen molar-refractivity contribution in [3.8, 4) is 0 Å². The number of hydrogen-bond acceptors (Lipinski definition) is 4. The van der Waals surface area contributed by atoms with Gasteiger partial charge >= 0.3 is 0 Å². The number of sulfone groups is 1. The zero-order chi connectivity index (χ0) is 11.5. The summed E-state index contributed by atoms with van der Waals surface area (Å²) >= 11 is 0. The highest BCUT2D eigenvalue weighted by molar-refractivity contribution is 7.90. The second-order valence-electron chi connectivity index (χ2n) is 4.73. The molecule has 0 aromatic rings. The van der Waals surface area contributed by atoms with Crippen LogP contribution in [0.15, 0.2) is 0 Å². The molecule has 0 radical (unpaired) electrons. The first-order chi connectivity index (χ1) is 6.92. The topological polar surface area (TPSA) is 63.4 Å². The lowest BCUT2D eigenvalue weighted by Gasteiger charge is -2.33. The quantitative estimate of drug-likeness (QED) is 0.740. The third-order valence-electron chi connectivity index (χ3n) is 3.25. The molecule has 0 spiro atoms. The molecule has 0 saturated carbocycles. The summed E-state index contributed by atoms with van der Waals surface area (Å²) in [6.07, 6.45) is 3.45. The first kappa shape index (κ1) is 12.9. The molecule has 90 valence electrons. The van der Waals surface area contributed by atoms with Crippen LogP contribution in [0.4, 0.5) is 0 Å². The van der Waals surface area contributed by atoms with Crippen LogP contribution in [-0.2, 0) is 9.84 Å². The van der Waals surface area contributed by atoms with Crippen molar-refractivity contribution < 1.29 is 8.42 Å². The molecule has 1 fully saturated rings. The van der Waals surface area contributed by atoms with Gasteiger partial charge in [0, 0.05) is 6.26 Å². The van der Waals surface area contributed by atoms with Gasteiger partial charge in [-0.05, 0) is 51.4 Å². The molecule has 0 amide bonds. The van der Waals surface area contributed by atoms with E-state index in [-0.39, 0.29) is 11.7 Å². The fraction of sp³-hybridized carbons (Fsp3) is 1.00. The summed E-state index contributed by atoms with van der Waals surface area (Å²) in [5, 5.41) is 0. The second-order valence-corrected chi connectivity index (χ2v) is 6.91. The molecule has 2 N–H and O–H groups in total. The van der Waals surface area contributed by atoms with Crippen LogP contribution < -0.4 is 5.73 Å². The fourth-order valence-electron chi connectivity index (χ4n) is 2.29. The number of hydrogen-bond donors (Lipinski definition) is 1. The Kier molecular flexibility index (Phi) is 4.55. The Morgan fingerprint density at radius 2 is 1.93 bits per heavy atom. The minimum atomic E-state index is -2.89. The summed E-state index contributed by atoms with van der Waals surface area (Å²) in [7, 11) is -0.790. The van der Waals surface area contributed by atoms with Crippen molar-refractivity contribution in [1.82, 2.24) is 4.90 Å². The average Bonchev–Trinajstić information content (AvgIpc) is 2.14. The molecule has 1 heterocycles. The van der Waals surface area contributed by atoms with Gasteiger partial charge in [-0.3, -0.25) is 0 Å². The van der Waals surface area contributed by atoms with Crippen molar-refractivity contribution in [2.24, 2.45) is 17.6 Å². The minimum Gasteiger partial charge on any atom is -0.330 e. The Morgan fingerprint density at radius 1 is 1.40 bits per heavy atom. The Bertz CT molecular complexity index is 282. The highest BCUT2D eigenvalue weighted by Crippen LogP contribution is 2.24. The minimum absolute atomic E-state index is 0.147. The summed E-state index contributed by atoms with van der Waals surface area (Å²) in [5.41, 5.74) is 5.67. The Morgan fingerprint density at radius 3 is 2.33 bits per heavy atom. The van der Waals surface area contributed by atoms with Gasteiger partial charge in [0.2, 0.25) is 0 Å². The molecular formula is C10H22N2O2S. The highest BCUT2D eigenvalue weighted by Gasteiger charge is 2.26. The Balaban J connectivity index is 2.52. The van der Waals surface area contributed by atoms with E-state index in [4.69, 9.17) is 5.73 Å². The maximum Gasteiger partial charge on any atom is 0.147 e. The van der Waals surface area contributed by atoms with Crippen LogP contribution in [0.5, 0.6) is 0 Å².